The first kappa shape index (κ1) is 8.53. The monoisotopic (exact) mass is 156 g/mol. The van der Waals surface area contributed by atoms with E-state index >= 15 is 0 Å². The lowest BCUT2D eigenvalue weighted by atomic mass is 9.91. The summed E-state index contributed by atoms with van der Waals surface area (Å²) in [6, 6.07) is 0. The lowest BCUT2D eigenvalue weighted by Crippen LogP contribution is -2.42. The van der Waals surface area contributed by atoms with Crippen LogP contribution in [0.15, 0.2) is 0 Å². The molecule has 1 aliphatic rings. The van der Waals surface area contributed by atoms with Gasteiger partial charge in [-0.05, 0) is 18.9 Å². The molecule has 64 valence electrons. The molecule has 1 amide bonds. The Morgan fingerprint density at radius 2 is 2.27 bits per heavy atom. The third kappa shape index (κ3) is 2.19. The molecule has 1 saturated heterocycles. The summed E-state index contributed by atoms with van der Waals surface area (Å²) in [7, 11) is 1.70. The first-order valence-corrected chi connectivity index (χ1v) is 4.16. The van der Waals surface area contributed by atoms with Gasteiger partial charge in [0, 0.05) is 13.6 Å². The van der Waals surface area contributed by atoms with Crippen LogP contribution in [0.25, 0.3) is 0 Å². The average Bonchev–Trinajstić information content (AvgIpc) is 2.03. The van der Waals surface area contributed by atoms with Crippen LogP contribution < -0.4 is 10.6 Å². The zero-order chi connectivity index (χ0) is 8.27. The molecule has 2 N–H and O–H groups in total. The summed E-state index contributed by atoms with van der Waals surface area (Å²) in [5.74, 6) is 0.985. The third-order valence-electron chi connectivity index (χ3n) is 2.19. The number of carbonyl (C=O) groups excluding carboxylic acids is 1. The molecule has 3 nitrogen and oxygen atoms in total. The van der Waals surface area contributed by atoms with Gasteiger partial charge in [-0.25, -0.2) is 0 Å². The Morgan fingerprint density at radius 3 is 2.82 bits per heavy atom. The van der Waals surface area contributed by atoms with Gasteiger partial charge in [0.1, 0.15) is 0 Å². The molecule has 1 fully saturated rings. The molecule has 1 aliphatic heterocycles. The van der Waals surface area contributed by atoms with Gasteiger partial charge < -0.3 is 10.6 Å². The summed E-state index contributed by atoms with van der Waals surface area (Å²) in [5.41, 5.74) is 0. The van der Waals surface area contributed by atoms with Gasteiger partial charge in [-0.1, -0.05) is 6.92 Å². The molecule has 3 heteroatoms. The topological polar surface area (TPSA) is 41.1 Å². The molecule has 0 radical (unpaired) electrons. The largest absolute Gasteiger partial charge is 0.359 e. The molecule has 2 atom stereocenters. The highest BCUT2D eigenvalue weighted by Crippen LogP contribution is 2.15. The average molecular weight is 156 g/mol. The molecule has 0 aromatic carbocycles. The van der Waals surface area contributed by atoms with E-state index in [0.29, 0.717) is 5.92 Å². The van der Waals surface area contributed by atoms with E-state index < -0.39 is 0 Å². The van der Waals surface area contributed by atoms with Crippen LogP contribution in [-0.2, 0) is 4.79 Å². The molecule has 0 spiro atoms. The second-order valence-electron chi connectivity index (χ2n) is 3.31. The van der Waals surface area contributed by atoms with Gasteiger partial charge in [0.25, 0.3) is 0 Å². The van der Waals surface area contributed by atoms with Crippen LogP contribution in [0.1, 0.15) is 13.3 Å². The van der Waals surface area contributed by atoms with Crippen molar-refractivity contribution in [1.82, 2.24) is 10.6 Å². The van der Waals surface area contributed by atoms with Crippen molar-refractivity contribution in [3.63, 3.8) is 0 Å². The van der Waals surface area contributed by atoms with Gasteiger partial charge >= 0.3 is 0 Å². The highest BCUT2D eigenvalue weighted by molar-refractivity contribution is 5.78. The number of rotatable bonds is 1. The summed E-state index contributed by atoms with van der Waals surface area (Å²) >= 11 is 0. The van der Waals surface area contributed by atoms with Crippen molar-refractivity contribution in [2.45, 2.75) is 13.3 Å². The first-order chi connectivity index (χ1) is 5.24. The molecule has 0 aromatic rings. The van der Waals surface area contributed by atoms with Crippen molar-refractivity contribution in [2.75, 3.05) is 20.1 Å². The number of carbonyl (C=O) groups is 1. The quantitative estimate of drug-likeness (QED) is 0.560. The Morgan fingerprint density at radius 1 is 1.55 bits per heavy atom. The molecular weight excluding hydrogens is 140 g/mol. The fourth-order valence-electron chi connectivity index (χ4n) is 1.56. The van der Waals surface area contributed by atoms with Crippen molar-refractivity contribution in [1.29, 1.82) is 0 Å². The molecule has 0 aromatic heterocycles. The highest BCUT2D eigenvalue weighted by Gasteiger charge is 2.23. The molecule has 0 bridgehead atoms. The second kappa shape index (κ2) is 3.72. The fraction of sp³-hybridized carbons (Fsp3) is 0.875. The fourth-order valence-corrected chi connectivity index (χ4v) is 1.56. The van der Waals surface area contributed by atoms with Gasteiger partial charge in [0.15, 0.2) is 0 Å². The summed E-state index contributed by atoms with van der Waals surface area (Å²) in [4.78, 5) is 11.2. The predicted octanol–water partition coefficient (Wildman–Crippen LogP) is -0.0220. The van der Waals surface area contributed by atoms with E-state index in [1.807, 2.05) is 0 Å². The lowest BCUT2D eigenvalue weighted by molar-refractivity contribution is -0.125. The maximum atomic E-state index is 11.2. The molecule has 1 heterocycles. The summed E-state index contributed by atoms with van der Waals surface area (Å²) in [5, 5.41) is 5.92. The van der Waals surface area contributed by atoms with Gasteiger partial charge in [0.2, 0.25) is 5.91 Å². The number of amides is 1. The summed E-state index contributed by atoms with van der Waals surface area (Å²) < 4.78 is 0. The molecule has 2 unspecified atom stereocenters. The van der Waals surface area contributed by atoms with Crippen molar-refractivity contribution in [3.8, 4) is 0 Å². The van der Waals surface area contributed by atoms with Crippen LogP contribution in [0.4, 0.5) is 0 Å². The van der Waals surface area contributed by atoms with Crippen molar-refractivity contribution in [3.05, 3.63) is 0 Å². The van der Waals surface area contributed by atoms with E-state index in [4.69, 9.17) is 0 Å². The highest BCUT2D eigenvalue weighted by atomic mass is 16.1. The van der Waals surface area contributed by atoms with Crippen LogP contribution in [0, 0.1) is 11.8 Å². The van der Waals surface area contributed by atoms with E-state index in [-0.39, 0.29) is 11.8 Å². The molecule has 0 saturated carbocycles. The van der Waals surface area contributed by atoms with E-state index in [1.54, 1.807) is 7.05 Å². The Labute approximate surface area is 67.5 Å². The third-order valence-corrected chi connectivity index (χ3v) is 2.19. The minimum atomic E-state index is 0.170. The van der Waals surface area contributed by atoms with Crippen LogP contribution >= 0.6 is 0 Å². The summed E-state index contributed by atoms with van der Waals surface area (Å²) in [6.07, 6.45) is 1.02. The van der Waals surface area contributed by atoms with Crippen molar-refractivity contribution in [2.24, 2.45) is 11.8 Å². The number of hydrogen-bond acceptors (Lipinski definition) is 2. The molecular formula is C8H16N2O. The van der Waals surface area contributed by atoms with E-state index in [1.165, 1.54) is 0 Å². The maximum absolute atomic E-state index is 11.2. The Hall–Kier alpha value is -0.570. The number of hydrogen-bond donors (Lipinski definition) is 2. The number of piperidine rings is 1. The second-order valence-corrected chi connectivity index (χ2v) is 3.31. The SMILES string of the molecule is CNC(=O)C1CNCC(C)C1. The van der Waals surface area contributed by atoms with Crippen LogP contribution in [0.5, 0.6) is 0 Å². The molecule has 1 rings (SSSR count). The standard InChI is InChI=1S/C8H16N2O/c1-6-3-7(5-10-4-6)8(11)9-2/h6-7,10H,3-5H2,1-2H3,(H,9,11). The smallest absolute Gasteiger partial charge is 0.224 e. The maximum Gasteiger partial charge on any atom is 0.224 e. The lowest BCUT2D eigenvalue weighted by Gasteiger charge is -2.26. The Kier molecular flexibility index (Phi) is 2.88. The molecule has 0 aliphatic carbocycles. The van der Waals surface area contributed by atoms with Crippen molar-refractivity contribution >= 4 is 5.91 Å². The van der Waals surface area contributed by atoms with Gasteiger partial charge in [-0.15, -0.1) is 0 Å². The number of nitrogens with one attached hydrogen (secondary N) is 2. The minimum absolute atomic E-state index is 0.170. The van der Waals surface area contributed by atoms with E-state index in [2.05, 4.69) is 17.6 Å². The van der Waals surface area contributed by atoms with Crippen LogP contribution in [0.2, 0.25) is 0 Å². The normalized spacial score (nSPS) is 31.5. The molecule has 11 heavy (non-hydrogen) atoms. The zero-order valence-corrected chi connectivity index (χ0v) is 7.18. The summed E-state index contributed by atoms with van der Waals surface area (Å²) in [6.45, 7) is 4.06. The Bertz CT molecular complexity index is 147. The first-order valence-electron chi connectivity index (χ1n) is 4.16. The van der Waals surface area contributed by atoms with Crippen molar-refractivity contribution < 1.29 is 4.79 Å². The van der Waals surface area contributed by atoms with Gasteiger partial charge in [0.05, 0.1) is 5.92 Å². The van der Waals surface area contributed by atoms with Crippen LogP contribution in [0.3, 0.4) is 0 Å². The van der Waals surface area contributed by atoms with E-state index in [0.717, 1.165) is 19.5 Å². The minimum Gasteiger partial charge on any atom is -0.359 e. The zero-order valence-electron chi connectivity index (χ0n) is 7.18. The van der Waals surface area contributed by atoms with E-state index in [9.17, 15) is 4.79 Å². The predicted molar refractivity (Wildman–Crippen MR) is 44.2 cm³/mol. The van der Waals surface area contributed by atoms with Crippen LogP contribution in [-0.4, -0.2) is 26.0 Å². The van der Waals surface area contributed by atoms with Gasteiger partial charge in [-0.2, -0.15) is 0 Å². The van der Waals surface area contributed by atoms with Gasteiger partial charge in [-0.3, -0.25) is 4.79 Å². The Balaban J connectivity index is 2.39.